The highest BCUT2D eigenvalue weighted by Gasteiger charge is 2.28. The quantitative estimate of drug-likeness (QED) is 0.724. The number of nitrogens with one attached hydrogen (secondary N) is 1. The molecule has 1 aliphatic heterocycles. The molecule has 1 atom stereocenters. The molecule has 1 saturated heterocycles. The molecule has 1 aliphatic carbocycles. The minimum atomic E-state index is 0.510. The summed E-state index contributed by atoms with van der Waals surface area (Å²) in [6, 6.07) is 7.34. The first-order valence-corrected chi connectivity index (χ1v) is 8.96. The van der Waals surface area contributed by atoms with Crippen molar-refractivity contribution in [3.05, 3.63) is 34.3 Å². The van der Waals surface area contributed by atoms with Gasteiger partial charge in [-0.15, -0.1) is 0 Å². The minimum absolute atomic E-state index is 0.510. The molecule has 2 aliphatic rings. The zero-order valence-electron chi connectivity index (χ0n) is 13.4. The van der Waals surface area contributed by atoms with Crippen molar-refractivity contribution < 1.29 is 0 Å². The molecule has 3 rings (SSSR count). The average Bonchev–Trinajstić information content (AvgIpc) is 2.49. The largest absolute Gasteiger partial charge is 0.310 e. The number of hydrogen-bond acceptors (Lipinski definition) is 1. The number of rotatable bonds is 2. The van der Waals surface area contributed by atoms with Crippen molar-refractivity contribution in [1.82, 2.24) is 5.32 Å². The van der Waals surface area contributed by atoms with Crippen molar-refractivity contribution in [3.8, 4) is 0 Å². The number of piperidine rings is 1. The second-order valence-corrected chi connectivity index (χ2v) is 8.13. The summed E-state index contributed by atoms with van der Waals surface area (Å²) in [5.74, 6) is 0.666. The van der Waals surface area contributed by atoms with Gasteiger partial charge in [-0.2, -0.15) is 0 Å². The third-order valence-electron chi connectivity index (χ3n) is 5.52. The smallest absolute Gasteiger partial charge is 0.0444 e. The highest BCUT2D eigenvalue weighted by Crippen LogP contribution is 2.44. The Hall–Kier alpha value is -0.530. The summed E-state index contributed by atoms with van der Waals surface area (Å²) in [6.45, 7) is 5.92. The summed E-state index contributed by atoms with van der Waals surface area (Å²) in [5, 5.41) is 4.60. The molecular formula is C19H28ClN. The molecule has 2 heteroatoms. The molecule has 116 valence electrons. The second-order valence-electron chi connectivity index (χ2n) is 7.72. The predicted octanol–water partition coefficient (Wildman–Crippen LogP) is 5.84. The second kappa shape index (κ2) is 6.30. The van der Waals surface area contributed by atoms with E-state index in [-0.39, 0.29) is 0 Å². The van der Waals surface area contributed by atoms with Crippen LogP contribution in [0.5, 0.6) is 0 Å². The molecular weight excluding hydrogens is 278 g/mol. The van der Waals surface area contributed by atoms with Crippen LogP contribution in [-0.2, 0) is 0 Å². The van der Waals surface area contributed by atoms with Crippen LogP contribution in [-0.4, -0.2) is 6.54 Å². The Bertz CT molecular complexity index is 478. The summed E-state index contributed by atoms with van der Waals surface area (Å²) in [6.07, 6.45) is 9.09. The van der Waals surface area contributed by atoms with Gasteiger partial charge in [0.1, 0.15) is 0 Å². The molecule has 1 aromatic carbocycles. The lowest BCUT2D eigenvalue weighted by Gasteiger charge is -2.35. The molecule has 0 radical (unpaired) electrons. The van der Waals surface area contributed by atoms with E-state index in [1.54, 1.807) is 0 Å². The molecule has 1 nitrogen and oxygen atoms in total. The SMILES string of the molecule is CC1(C)CCC(c2ccc(C3CCCCN3)cc2Cl)CC1. The standard InChI is InChI=1S/C19H28ClN/c1-19(2)10-8-14(9-11-19)16-7-6-15(13-17(16)20)18-5-3-4-12-21-18/h6-7,13-14,18,21H,3-5,8-12H2,1-2H3. The maximum absolute atomic E-state index is 6.63. The van der Waals surface area contributed by atoms with Gasteiger partial charge in [0.25, 0.3) is 0 Å². The van der Waals surface area contributed by atoms with E-state index >= 15 is 0 Å². The lowest BCUT2D eigenvalue weighted by Crippen LogP contribution is -2.26. The van der Waals surface area contributed by atoms with Crippen LogP contribution in [0, 0.1) is 5.41 Å². The third kappa shape index (κ3) is 3.63. The first-order valence-electron chi connectivity index (χ1n) is 8.58. The summed E-state index contributed by atoms with van der Waals surface area (Å²) < 4.78 is 0. The van der Waals surface area contributed by atoms with Crippen LogP contribution in [0.2, 0.25) is 5.02 Å². The number of hydrogen-bond donors (Lipinski definition) is 1. The Morgan fingerprint density at radius 2 is 1.86 bits per heavy atom. The van der Waals surface area contributed by atoms with E-state index in [4.69, 9.17) is 11.6 Å². The monoisotopic (exact) mass is 305 g/mol. The molecule has 1 aromatic rings. The fourth-order valence-electron chi connectivity index (χ4n) is 3.94. The maximum Gasteiger partial charge on any atom is 0.0444 e. The zero-order chi connectivity index (χ0) is 14.9. The summed E-state index contributed by atoms with van der Waals surface area (Å²) >= 11 is 6.63. The first kappa shape index (κ1) is 15.4. The van der Waals surface area contributed by atoms with Crippen molar-refractivity contribution >= 4 is 11.6 Å². The van der Waals surface area contributed by atoms with E-state index in [9.17, 15) is 0 Å². The lowest BCUT2D eigenvalue weighted by molar-refractivity contribution is 0.224. The van der Waals surface area contributed by atoms with Crippen LogP contribution in [0.4, 0.5) is 0 Å². The Morgan fingerprint density at radius 3 is 2.48 bits per heavy atom. The van der Waals surface area contributed by atoms with E-state index in [1.165, 1.54) is 56.1 Å². The molecule has 0 spiro atoms. The molecule has 0 amide bonds. The van der Waals surface area contributed by atoms with Crippen LogP contribution in [0.3, 0.4) is 0 Å². The molecule has 1 unspecified atom stereocenters. The molecule has 0 aromatic heterocycles. The average molecular weight is 306 g/mol. The van der Waals surface area contributed by atoms with Gasteiger partial charge in [0.05, 0.1) is 0 Å². The predicted molar refractivity (Wildman–Crippen MR) is 91.0 cm³/mol. The lowest BCUT2D eigenvalue weighted by atomic mass is 9.71. The highest BCUT2D eigenvalue weighted by atomic mass is 35.5. The topological polar surface area (TPSA) is 12.0 Å². The van der Waals surface area contributed by atoms with Crippen LogP contribution in [0.25, 0.3) is 0 Å². The van der Waals surface area contributed by atoms with Crippen LogP contribution >= 0.6 is 11.6 Å². The molecule has 1 N–H and O–H groups in total. The highest BCUT2D eigenvalue weighted by molar-refractivity contribution is 6.31. The molecule has 21 heavy (non-hydrogen) atoms. The Kier molecular flexibility index (Phi) is 4.61. The Balaban J connectivity index is 1.72. The van der Waals surface area contributed by atoms with Crippen molar-refractivity contribution in [2.75, 3.05) is 6.54 Å². The Morgan fingerprint density at radius 1 is 1.10 bits per heavy atom. The zero-order valence-corrected chi connectivity index (χ0v) is 14.2. The first-order chi connectivity index (χ1) is 10.1. The third-order valence-corrected chi connectivity index (χ3v) is 5.84. The van der Waals surface area contributed by atoms with Crippen molar-refractivity contribution in [2.45, 2.75) is 70.8 Å². The van der Waals surface area contributed by atoms with E-state index in [1.807, 2.05) is 0 Å². The normalized spacial score (nSPS) is 26.7. The van der Waals surface area contributed by atoms with Gasteiger partial charge in [-0.05, 0) is 73.6 Å². The Labute approximate surface area is 134 Å². The minimum Gasteiger partial charge on any atom is -0.310 e. The molecule has 1 saturated carbocycles. The summed E-state index contributed by atoms with van der Waals surface area (Å²) in [7, 11) is 0. The van der Waals surface area contributed by atoms with Gasteiger partial charge in [0.2, 0.25) is 0 Å². The van der Waals surface area contributed by atoms with E-state index < -0.39 is 0 Å². The number of benzene rings is 1. The summed E-state index contributed by atoms with van der Waals surface area (Å²) in [5.41, 5.74) is 3.28. The van der Waals surface area contributed by atoms with E-state index in [2.05, 4.69) is 37.4 Å². The number of halogens is 1. The summed E-state index contributed by atoms with van der Waals surface area (Å²) in [4.78, 5) is 0. The van der Waals surface area contributed by atoms with Crippen molar-refractivity contribution in [3.63, 3.8) is 0 Å². The van der Waals surface area contributed by atoms with Gasteiger partial charge in [-0.25, -0.2) is 0 Å². The maximum atomic E-state index is 6.63. The fraction of sp³-hybridized carbons (Fsp3) is 0.684. The van der Waals surface area contributed by atoms with E-state index in [0.717, 1.165) is 11.6 Å². The van der Waals surface area contributed by atoms with Crippen LogP contribution in [0.15, 0.2) is 18.2 Å². The van der Waals surface area contributed by atoms with Gasteiger partial charge in [0.15, 0.2) is 0 Å². The van der Waals surface area contributed by atoms with Gasteiger partial charge in [-0.3, -0.25) is 0 Å². The van der Waals surface area contributed by atoms with Gasteiger partial charge in [0, 0.05) is 11.1 Å². The fourth-order valence-corrected chi connectivity index (χ4v) is 4.28. The van der Waals surface area contributed by atoms with Crippen molar-refractivity contribution in [1.29, 1.82) is 0 Å². The van der Waals surface area contributed by atoms with Gasteiger partial charge < -0.3 is 5.32 Å². The van der Waals surface area contributed by atoms with Gasteiger partial charge in [-0.1, -0.05) is 44.0 Å². The molecule has 1 heterocycles. The van der Waals surface area contributed by atoms with E-state index in [0.29, 0.717) is 17.4 Å². The molecule has 0 bridgehead atoms. The molecule has 2 fully saturated rings. The van der Waals surface area contributed by atoms with Crippen LogP contribution in [0.1, 0.15) is 81.9 Å². The van der Waals surface area contributed by atoms with Crippen LogP contribution < -0.4 is 5.32 Å². The van der Waals surface area contributed by atoms with Crippen molar-refractivity contribution in [2.24, 2.45) is 5.41 Å². The van der Waals surface area contributed by atoms with Gasteiger partial charge >= 0.3 is 0 Å².